The Labute approximate surface area is 198 Å². The summed E-state index contributed by atoms with van der Waals surface area (Å²) >= 11 is 0. The van der Waals surface area contributed by atoms with E-state index in [2.05, 4.69) is 43.0 Å². The molecule has 0 radical (unpaired) electrons. The third-order valence-corrected chi connectivity index (χ3v) is 10.3. The lowest BCUT2D eigenvalue weighted by Gasteiger charge is -2.59. The van der Waals surface area contributed by atoms with Gasteiger partial charge in [-0.05, 0) is 80.7 Å². The van der Waals surface area contributed by atoms with Gasteiger partial charge in [0.1, 0.15) is 6.61 Å². The molecule has 0 N–H and O–H groups in total. The summed E-state index contributed by atoms with van der Waals surface area (Å²) in [6.07, 6.45) is 15.3. The fraction of sp³-hybridized carbons (Fsp3) is 0.714. The van der Waals surface area contributed by atoms with Gasteiger partial charge in [0.2, 0.25) is 0 Å². The van der Waals surface area contributed by atoms with Gasteiger partial charge in [0.05, 0.1) is 0 Å². The van der Waals surface area contributed by atoms with Crippen molar-refractivity contribution < 1.29 is 9.53 Å². The number of esters is 1. The molecule has 33 heavy (non-hydrogen) atoms. The quantitative estimate of drug-likeness (QED) is 0.579. The van der Waals surface area contributed by atoms with Gasteiger partial charge in [-0.3, -0.25) is 5.01 Å². The molecule has 0 aromatic rings. The summed E-state index contributed by atoms with van der Waals surface area (Å²) in [4.78, 5) is 14.1. The third kappa shape index (κ3) is 3.45. The van der Waals surface area contributed by atoms with Crippen molar-refractivity contribution in [2.24, 2.45) is 33.7 Å². The largest absolute Gasteiger partial charge is 0.458 e. The van der Waals surface area contributed by atoms with E-state index in [0.717, 1.165) is 43.6 Å². The molecular formula is C28H39N3O2. The van der Waals surface area contributed by atoms with E-state index in [9.17, 15) is 4.79 Å². The Balaban J connectivity index is 1.18. The molecular weight excluding hydrogens is 410 g/mol. The predicted molar refractivity (Wildman–Crippen MR) is 131 cm³/mol. The maximum Gasteiger partial charge on any atom is 0.331 e. The predicted octanol–water partition coefficient (Wildman–Crippen LogP) is 4.57. The van der Waals surface area contributed by atoms with Crippen LogP contribution >= 0.6 is 0 Å². The molecule has 0 aromatic heterocycles. The molecule has 0 aromatic carbocycles. The highest BCUT2D eigenvalue weighted by Gasteiger charge is 2.56. The number of piperazine rings is 1. The highest BCUT2D eigenvalue weighted by atomic mass is 16.5. The first-order valence-corrected chi connectivity index (χ1v) is 13.2. The van der Waals surface area contributed by atoms with E-state index in [1.807, 2.05) is 0 Å². The molecule has 1 saturated heterocycles. The number of hydrogen-bond acceptors (Lipinski definition) is 5. The number of carbonyl (C=O) groups excluding carboxylic acids is 1. The van der Waals surface area contributed by atoms with E-state index in [1.165, 1.54) is 56.2 Å². The lowest BCUT2D eigenvalue weighted by Crippen LogP contribution is -2.51. The zero-order valence-electron chi connectivity index (χ0n) is 20.6. The van der Waals surface area contributed by atoms with E-state index in [0.29, 0.717) is 17.9 Å². The van der Waals surface area contributed by atoms with Crippen molar-refractivity contribution >= 4 is 11.7 Å². The van der Waals surface area contributed by atoms with Crippen LogP contribution in [0.15, 0.2) is 40.0 Å². The third-order valence-electron chi connectivity index (χ3n) is 10.3. The number of ether oxygens (including phenoxy) is 1. The second kappa shape index (κ2) is 7.83. The van der Waals surface area contributed by atoms with Crippen LogP contribution < -0.4 is 0 Å². The number of carbonyl (C=O) groups is 1. The van der Waals surface area contributed by atoms with Crippen molar-refractivity contribution in [3.05, 3.63) is 34.9 Å². The molecule has 0 spiro atoms. The fourth-order valence-electron chi connectivity index (χ4n) is 8.23. The topological polar surface area (TPSA) is 45.1 Å². The molecule has 178 valence electrons. The molecule has 3 saturated carbocycles. The maximum atomic E-state index is 11.7. The molecule has 0 unspecified atom stereocenters. The van der Waals surface area contributed by atoms with Crippen LogP contribution in [0.4, 0.5) is 0 Å². The number of allylic oxidation sites excluding steroid dienone is 3. The first-order chi connectivity index (χ1) is 15.9. The molecule has 2 aliphatic heterocycles. The van der Waals surface area contributed by atoms with Crippen LogP contribution in [-0.2, 0) is 9.53 Å². The molecule has 0 amide bonds. The average Bonchev–Trinajstić information content (AvgIpc) is 3.38. The Kier molecular flexibility index (Phi) is 5.13. The van der Waals surface area contributed by atoms with Crippen molar-refractivity contribution in [2.45, 2.75) is 58.8 Å². The molecule has 6 aliphatic rings. The fourth-order valence-corrected chi connectivity index (χ4v) is 8.23. The molecule has 5 nitrogen and oxygen atoms in total. The number of cyclic esters (lactones) is 1. The normalized spacial score (nSPS) is 42.2. The second-order valence-electron chi connectivity index (χ2n) is 12.0. The van der Waals surface area contributed by atoms with Gasteiger partial charge >= 0.3 is 5.97 Å². The number of likely N-dealkylation sites (N-methyl/N-ethyl adjacent to an activating group) is 1. The lowest BCUT2D eigenvalue weighted by molar-refractivity contribution is -0.134. The first kappa shape index (κ1) is 21.6. The summed E-state index contributed by atoms with van der Waals surface area (Å²) in [6.45, 7) is 9.88. The summed E-state index contributed by atoms with van der Waals surface area (Å²) < 4.78 is 5.25. The number of hydrogen-bond donors (Lipinski definition) is 0. The SMILES string of the molecule is CN1CCN(/N=C2\CC[C@@]3(C)[C@@H](CC[C@@H]4C5=CC=C(C6=CC(=O)OC6)[C@@]5(C)CC[C@@H]43)C2)CC1. The highest BCUT2D eigenvalue weighted by molar-refractivity contribution is 5.87. The van der Waals surface area contributed by atoms with Gasteiger partial charge in [-0.1, -0.05) is 31.6 Å². The lowest BCUT2D eigenvalue weighted by atomic mass is 9.46. The van der Waals surface area contributed by atoms with Gasteiger partial charge in [0, 0.05) is 49.0 Å². The standard InChI is InChI=1S/C28H39N3O2/c1-27-10-8-21(29-31-14-12-30(3)13-15-31)17-20(27)4-5-22-24-7-6-23(19-16-26(32)33-18-19)28(24,2)11-9-25(22)27/h6-7,16,20,22,25H,4-5,8-15,17-18H2,1-3H3/b29-21+/t20-,22+,25-,27-,28+/m0/s1. The molecule has 4 aliphatic carbocycles. The van der Waals surface area contributed by atoms with Gasteiger partial charge in [-0.25, -0.2) is 4.79 Å². The molecule has 0 bridgehead atoms. The molecule has 2 heterocycles. The average molecular weight is 450 g/mol. The Morgan fingerprint density at radius 2 is 1.88 bits per heavy atom. The van der Waals surface area contributed by atoms with Gasteiger partial charge in [-0.15, -0.1) is 0 Å². The minimum absolute atomic E-state index is 0.0902. The molecule has 6 rings (SSSR count). The Bertz CT molecular complexity index is 970. The zero-order chi connectivity index (χ0) is 22.8. The van der Waals surface area contributed by atoms with E-state index in [-0.39, 0.29) is 11.4 Å². The van der Waals surface area contributed by atoms with Crippen LogP contribution in [0.3, 0.4) is 0 Å². The van der Waals surface area contributed by atoms with E-state index in [4.69, 9.17) is 9.84 Å². The van der Waals surface area contributed by atoms with Crippen LogP contribution in [0.1, 0.15) is 58.8 Å². The van der Waals surface area contributed by atoms with E-state index < -0.39 is 0 Å². The van der Waals surface area contributed by atoms with E-state index in [1.54, 1.807) is 11.6 Å². The maximum absolute atomic E-state index is 11.7. The van der Waals surface area contributed by atoms with Gasteiger partial charge in [-0.2, -0.15) is 5.10 Å². The molecule has 5 heteroatoms. The number of hydrazone groups is 1. The number of fused-ring (bicyclic) bond motifs is 5. The van der Waals surface area contributed by atoms with Crippen molar-refractivity contribution in [3.63, 3.8) is 0 Å². The first-order valence-electron chi connectivity index (χ1n) is 13.2. The summed E-state index contributed by atoms with van der Waals surface area (Å²) in [5.41, 5.74) is 6.08. The van der Waals surface area contributed by atoms with Crippen LogP contribution in [0.2, 0.25) is 0 Å². The molecule has 4 fully saturated rings. The van der Waals surface area contributed by atoms with Crippen LogP contribution in [0.25, 0.3) is 0 Å². The minimum Gasteiger partial charge on any atom is -0.458 e. The second-order valence-corrected chi connectivity index (χ2v) is 12.0. The summed E-state index contributed by atoms with van der Waals surface area (Å²) in [7, 11) is 2.21. The van der Waals surface area contributed by atoms with Crippen molar-refractivity contribution in [1.29, 1.82) is 0 Å². The van der Waals surface area contributed by atoms with Gasteiger partial charge in [0.25, 0.3) is 0 Å². The smallest absolute Gasteiger partial charge is 0.331 e. The highest BCUT2D eigenvalue weighted by Crippen LogP contribution is 2.65. The van der Waals surface area contributed by atoms with E-state index >= 15 is 0 Å². The Morgan fingerprint density at radius 1 is 1.06 bits per heavy atom. The summed E-state index contributed by atoms with van der Waals surface area (Å²) in [5.74, 6) is 2.07. The summed E-state index contributed by atoms with van der Waals surface area (Å²) in [5, 5.41) is 7.47. The Morgan fingerprint density at radius 3 is 2.64 bits per heavy atom. The van der Waals surface area contributed by atoms with Crippen molar-refractivity contribution in [3.8, 4) is 0 Å². The monoisotopic (exact) mass is 449 g/mol. The van der Waals surface area contributed by atoms with Gasteiger partial charge in [0.15, 0.2) is 0 Å². The summed E-state index contributed by atoms with van der Waals surface area (Å²) in [6, 6.07) is 0. The Hall–Kier alpha value is -1.88. The van der Waals surface area contributed by atoms with Crippen LogP contribution in [0.5, 0.6) is 0 Å². The number of nitrogens with zero attached hydrogens (tertiary/aromatic N) is 3. The minimum atomic E-state index is -0.180. The van der Waals surface area contributed by atoms with Crippen molar-refractivity contribution in [2.75, 3.05) is 39.8 Å². The van der Waals surface area contributed by atoms with Crippen LogP contribution in [-0.4, -0.2) is 61.4 Å². The zero-order valence-corrected chi connectivity index (χ0v) is 20.6. The van der Waals surface area contributed by atoms with Crippen molar-refractivity contribution in [1.82, 2.24) is 9.91 Å². The molecule has 5 atom stereocenters. The van der Waals surface area contributed by atoms with Gasteiger partial charge < -0.3 is 9.64 Å². The number of rotatable bonds is 2. The van der Waals surface area contributed by atoms with Crippen LogP contribution in [0, 0.1) is 28.6 Å².